The molecule has 1 aliphatic heterocycles. The number of rotatable bonds is 7. The van der Waals surface area contributed by atoms with Gasteiger partial charge in [-0.3, -0.25) is 9.69 Å². The zero-order chi connectivity index (χ0) is 22.7. The summed E-state index contributed by atoms with van der Waals surface area (Å²) in [6, 6.07) is 18.4. The second-order valence-corrected chi connectivity index (χ2v) is 9.43. The van der Waals surface area contributed by atoms with Gasteiger partial charge in [0.1, 0.15) is 12.0 Å². The molecule has 4 nitrogen and oxygen atoms in total. The van der Waals surface area contributed by atoms with E-state index in [4.69, 9.17) is 44.3 Å². The third-order valence-electron chi connectivity index (χ3n) is 4.89. The van der Waals surface area contributed by atoms with E-state index >= 15 is 0 Å². The summed E-state index contributed by atoms with van der Waals surface area (Å²) in [6.45, 7) is 2.68. The molecular formula is C24H20Cl3NO3S. The highest BCUT2D eigenvalue weighted by atomic mass is 35.5. The van der Waals surface area contributed by atoms with E-state index in [9.17, 15) is 4.79 Å². The molecule has 3 aromatic carbocycles. The smallest absolute Gasteiger partial charge is 0.238 e. The molecule has 4 rings (SSSR count). The molecule has 166 valence electrons. The lowest BCUT2D eigenvalue weighted by Gasteiger charge is -2.25. The average Bonchev–Trinajstić information content (AvgIpc) is 3.16. The summed E-state index contributed by atoms with van der Waals surface area (Å²) >= 11 is 20.2. The number of benzene rings is 3. The molecule has 0 saturated carbocycles. The van der Waals surface area contributed by atoms with Gasteiger partial charge in [-0.25, -0.2) is 0 Å². The highest BCUT2D eigenvalue weighted by Gasteiger charge is 2.35. The highest BCUT2D eigenvalue weighted by molar-refractivity contribution is 8.00. The molecule has 0 unspecified atom stereocenters. The summed E-state index contributed by atoms with van der Waals surface area (Å²) in [5, 5.41) is 1.48. The third kappa shape index (κ3) is 5.12. The molecule has 1 fully saturated rings. The molecule has 0 aromatic heterocycles. The van der Waals surface area contributed by atoms with Crippen molar-refractivity contribution < 1.29 is 14.3 Å². The van der Waals surface area contributed by atoms with Crippen LogP contribution in [0, 0.1) is 0 Å². The van der Waals surface area contributed by atoms with Crippen molar-refractivity contribution in [2.24, 2.45) is 0 Å². The molecule has 3 aromatic rings. The number of anilines is 1. The topological polar surface area (TPSA) is 38.8 Å². The van der Waals surface area contributed by atoms with Crippen LogP contribution in [0.15, 0.2) is 60.7 Å². The third-order valence-corrected chi connectivity index (χ3v) is 6.88. The van der Waals surface area contributed by atoms with Crippen LogP contribution in [0.2, 0.25) is 15.1 Å². The Morgan fingerprint density at radius 3 is 2.28 bits per heavy atom. The Hall–Kier alpha value is -2.05. The molecule has 0 N–H and O–H groups in total. The number of carbonyl (C=O) groups is 1. The first-order chi connectivity index (χ1) is 15.5. The van der Waals surface area contributed by atoms with Gasteiger partial charge in [-0.05, 0) is 66.6 Å². The number of carbonyl (C=O) groups excluding carboxylic acids is 1. The molecule has 0 bridgehead atoms. The second kappa shape index (κ2) is 10.3. The number of halogens is 3. The largest absolute Gasteiger partial charge is 0.490 e. The summed E-state index contributed by atoms with van der Waals surface area (Å²) < 4.78 is 11.9. The number of ether oxygens (including phenoxy) is 2. The fourth-order valence-electron chi connectivity index (χ4n) is 3.42. The number of hydrogen-bond donors (Lipinski definition) is 0. The van der Waals surface area contributed by atoms with Gasteiger partial charge in [0, 0.05) is 15.7 Å². The van der Waals surface area contributed by atoms with E-state index in [2.05, 4.69) is 0 Å². The molecule has 1 heterocycles. The van der Waals surface area contributed by atoms with Crippen LogP contribution in [0.5, 0.6) is 11.5 Å². The van der Waals surface area contributed by atoms with Crippen molar-refractivity contribution in [3.05, 3.63) is 86.9 Å². The van der Waals surface area contributed by atoms with Crippen LogP contribution in [-0.2, 0) is 11.4 Å². The van der Waals surface area contributed by atoms with Crippen LogP contribution >= 0.6 is 46.6 Å². The summed E-state index contributed by atoms with van der Waals surface area (Å²) in [6.07, 6.45) is 0. The van der Waals surface area contributed by atoms with Gasteiger partial charge in [0.25, 0.3) is 0 Å². The van der Waals surface area contributed by atoms with E-state index in [1.807, 2.05) is 55.5 Å². The van der Waals surface area contributed by atoms with Crippen molar-refractivity contribution in [2.75, 3.05) is 17.3 Å². The fraction of sp³-hybridized carbons (Fsp3) is 0.208. The minimum Gasteiger partial charge on any atom is -0.490 e. The van der Waals surface area contributed by atoms with Crippen LogP contribution in [0.25, 0.3) is 0 Å². The van der Waals surface area contributed by atoms with E-state index in [0.717, 1.165) is 16.8 Å². The van der Waals surface area contributed by atoms with E-state index in [1.165, 1.54) is 11.8 Å². The van der Waals surface area contributed by atoms with Crippen molar-refractivity contribution >= 4 is 58.2 Å². The van der Waals surface area contributed by atoms with Gasteiger partial charge in [0.15, 0.2) is 11.5 Å². The molecule has 1 saturated heterocycles. The molecular weight excluding hydrogens is 489 g/mol. The van der Waals surface area contributed by atoms with Gasteiger partial charge in [-0.2, -0.15) is 0 Å². The van der Waals surface area contributed by atoms with Gasteiger partial charge in [-0.1, -0.05) is 46.9 Å². The number of amides is 1. The van der Waals surface area contributed by atoms with Gasteiger partial charge in [0.05, 0.1) is 17.4 Å². The monoisotopic (exact) mass is 507 g/mol. The Bertz CT molecular complexity index is 1110. The quantitative estimate of drug-likeness (QED) is 0.333. The zero-order valence-electron chi connectivity index (χ0n) is 17.2. The standard InChI is InChI=1S/C24H20Cl3NO3S/c1-2-30-21-12-16(11-20(27)23(21)31-13-15-3-5-17(25)6-4-15)24-28(22(29)14-32-24)19-9-7-18(26)8-10-19/h3-12,24H,2,13-14H2,1H3/t24-/m1/s1. The normalized spacial score (nSPS) is 15.8. The van der Waals surface area contributed by atoms with Crippen LogP contribution in [0.1, 0.15) is 23.4 Å². The summed E-state index contributed by atoms with van der Waals surface area (Å²) in [7, 11) is 0. The first-order valence-electron chi connectivity index (χ1n) is 9.99. The number of thioether (sulfide) groups is 1. The fourth-order valence-corrected chi connectivity index (χ4v) is 5.10. The molecule has 1 amide bonds. The van der Waals surface area contributed by atoms with Crippen molar-refractivity contribution in [1.29, 1.82) is 0 Å². The molecule has 8 heteroatoms. The lowest BCUT2D eigenvalue weighted by molar-refractivity contribution is -0.115. The first-order valence-corrected chi connectivity index (χ1v) is 12.2. The summed E-state index contributed by atoms with van der Waals surface area (Å²) in [5.74, 6) is 1.42. The average molecular weight is 509 g/mol. The van der Waals surface area contributed by atoms with E-state index in [0.29, 0.717) is 45.5 Å². The van der Waals surface area contributed by atoms with Crippen molar-refractivity contribution in [3.8, 4) is 11.5 Å². The second-order valence-electron chi connectivity index (χ2n) is 7.08. The maximum absolute atomic E-state index is 12.7. The van der Waals surface area contributed by atoms with Crippen LogP contribution in [0.3, 0.4) is 0 Å². The highest BCUT2D eigenvalue weighted by Crippen LogP contribution is 2.46. The van der Waals surface area contributed by atoms with Gasteiger partial charge in [-0.15, -0.1) is 11.8 Å². The van der Waals surface area contributed by atoms with Gasteiger partial charge >= 0.3 is 0 Å². The molecule has 0 aliphatic carbocycles. The summed E-state index contributed by atoms with van der Waals surface area (Å²) in [4.78, 5) is 14.4. The van der Waals surface area contributed by atoms with Crippen molar-refractivity contribution in [1.82, 2.24) is 0 Å². The van der Waals surface area contributed by atoms with Crippen molar-refractivity contribution in [3.63, 3.8) is 0 Å². The number of hydrogen-bond acceptors (Lipinski definition) is 4. The Morgan fingerprint density at radius 1 is 0.969 bits per heavy atom. The lowest BCUT2D eigenvalue weighted by Crippen LogP contribution is -2.27. The van der Waals surface area contributed by atoms with Crippen LogP contribution < -0.4 is 14.4 Å². The first kappa shape index (κ1) is 23.1. The molecule has 1 aliphatic rings. The minimum absolute atomic E-state index is 0.0273. The Kier molecular flexibility index (Phi) is 7.41. The van der Waals surface area contributed by atoms with Gasteiger partial charge in [0.2, 0.25) is 5.91 Å². The van der Waals surface area contributed by atoms with E-state index in [1.54, 1.807) is 17.0 Å². The lowest BCUT2D eigenvalue weighted by atomic mass is 10.1. The van der Waals surface area contributed by atoms with Crippen molar-refractivity contribution in [2.45, 2.75) is 18.9 Å². The molecule has 1 atom stereocenters. The molecule has 0 spiro atoms. The molecule has 0 radical (unpaired) electrons. The Balaban J connectivity index is 1.63. The molecule has 32 heavy (non-hydrogen) atoms. The summed E-state index contributed by atoms with van der Waals surface area (Å²) in [5.41, 5.74) is 2.61. The van der Waals surface area contributed by atoms with E-state index in [-0.39, 0.29) is 11.3 Å². The maximum Gasteiger partial charge on any atom is 0.238 e. The van der Waals surface area contributed by atoms with Crippen LogP contribution in [-0.4, -0.2) is 18.3 Å². The van der Waals surface area contributed by atoms with E-state index < -0.39 is 0 Å². The Morgan fingerprint density at radius 2 is 1.62 bits per heavy atom. The van der Waals surface area contributed by atoms with Gasteiger partial charge < -0.3 is 9.47 Å². The Labute approximate surface area is 206 Å². The predicted molar refractivity (Wildman–Crippen MR) is 133 cm³/mol. The minimum atomic E-state index is -0.231. The number of nitrogens with zero attached hydrogens (tertiary/aromatic N) is 1. The SMILES string of the molecule is CCOc1cc([C@H]2SCC(=O)N2c2ccc(Cl)cc2)cc(Cl)c1OCc1ccc(Cl)cc1. The predicted octanol–water partition coefficient (Wildman–Crippen LogP) is 7.40. The zero-order valence-corrected chi connectivity index (χ0v) is 20.3. The van der Waals surface area contributed by atoms with Crippen LogP contribution in [0.4, 0.5) is 5.69 Å². The maximum atomic E-state index is 12.7.